The van der Waals surface area contributed by atoms with Gasteiger partial charge < -0.3 is 19.4 Å². The van der Waals surface area contributed by atoms with E-state index in [1.165, 1.54) is 0 Å². The molecule has 2 fully saturated rings. The molecule has 0 radical (unpaired) electrons. The molecule has 0 spiro atoms. The van der Waals surface area contributed by atoms with Crippen molar-refractivity contribution in [3.05, 3.63) is 60.6 Å². The van der Waals surface area contributed by atoms with Crippen molar-refractivity contribution in [2.45, 2.75) is 0 Å². The second-order valence-electron chi connectivity index (χ2n) is 7.65. The maximum absolute atomic E-state index is 13.1. The van der Waals surface area contributed by atoms with Gasteiger partial charge in [-0.05, 0) is 24.3 Å². The molecule has 0 aliphatic carbocycles. The van der Waals surface area contributed by atoms with Crippen molar-refractivity contribution in [2.75, 3.05) is 62.3 Å². The van der Waals surface area contributed by atoms with Crippen molar-refractivity contribution >= 4 is 17.4 Å². The minimum Gasteiger partial charge on any atom is -0.378 e. The Balaban J connectivity index is 1.24. The Morgan fingerprint density at radius 3 is 2.52 bits per heavy atom. The average Bonchev–Trinajstić information content (AvgIpc) is 3.40. The third kappa shape index (κ3) is 4.22. The lowest BCUT2D eigenvalue weighted by Gasteiger charge is -2.36. The Hall–Kier alpha value is -3.46. The van der Waals surface area contributed by atoms with Crippen LogP contribution in [0.15, 0.2) is 55.0 Å². The lowest BCUT2D eigenvalue weighted by Crippen LogP contribution is -2.49. The molecule has 31 heavy (non-hydrogen) atoms. The summed E-state index contributed by atoms with van der Waals surface area (Å²) in [4.78, 5) is 19.4. The Morgan fingerprint density at radius 2 is 1.74 bits per heavy atom. The summed E-state index contributed by atoms with van der Waals surface area (Å²) in [6.45, 7) is 5.95. The van der Waals surface area contributed by atoms with Gasteiger partial charge in [-0.15, -0.1) is 5.10 Å². The molecule has 2 aromatic heterocycles. The van der Waals surface area contributed by atoms with Crippen LogP contribution < -0.4 is 9.80 Å². The SMILES string of the molecule is O=C(c1cccc(-n2cccn2)c1)N1CCN(c2cnnc(N3CCOCC3)c2)CC1. The second kappa shape index (κ2) is 8.73. The van der Waals surface area contributed by atoms with E-state index in [2.05, 4.69) is 31.2 Å². The number of anilines is 2. The number of benzene rings is 1. The Kier molecular flexibility index (Phi) is 5.49. The summed E-state index contributed by atoms with van der Waals surface area (Å²) >= 11 is 0. The molecule has 0 atom stereocenters. The Bertz CT molecular complexity index is 1030. The molecule has 9 heteroatoms. The number of nitrogens with zero attached hydrogens (tertiary/aromatic N) is 7. The largest absolute Gasteiger partial charge is 0.378 e. The van der Waals surface area contributed by atoms with Gasteiger partial charge in [-0.25, -0.2) is 4.68 Å². The number of carbonyl (C=O) groups excluding carboxylic acids is 1. The van der Waals surface area contributed by atoms with Crippen molar-refractivity contribution in [1.29, 1.82) is 0 Å². The van der Waals surface area contributed by atoms with Crippen molar-refractivity contribution in [3.63, 3.8) is 0 Å². The third-order valence-corrected chi connectivity index (χ3v) is 5.76. The van der Waals surface area contributed by atoms with Crippen LogP contribution in [0, 0.1) is 0 Å². The number of rotatable bonds is 4. The number of morpholine rings is 1. The van der Waals surface area contributed by atoms with Crippen LogP contribution in [-0.4, -0.2) is 83.3 Å². The van der Waals surface area contributed by atoms with Gasteiger partial charge in [0.25, 0.3) is 5.91 Å². The van der Waals surface area contributed by atoms with Gasteiger partial charge in [0.15, 0.2) is 5.82 Å². The standard InChI is InChI=1S/C22H25N7O2/c30-22(18-3-1-4-19(15-18)29-6-2-5-24-29)28-9-7-26(8-10-28)20-16-21(25-23-17-20)27-11-13-31-14-12-27/h1-6,15-17H,7-14H2. The highest BCUT2D eigenvalue weighted by molar-refractivity contribution is 5.95. The summed E-state index contributed by atoms with van der Waals surface area (Å²) in [5.41, 5.74) is 2.61. The zero-order valence-electron chi connectivity index (χ0n) is 17.3. The normalized spacial score (nSPS) is 17.1. The van der Waals surface area contributed by atoms with E-state index in [1.807, 2.05) is 41.4 Å². The first-order valence-corrected chi connectivity index (χ1v) is 10.6. The summed E-state index contributed by atoms with van der Waals surface area (Å²) in [6.07, 6.45) is 5.40. The number of hydrogen-bond acceptors (Lipinski definition) is 7. The van der Waals surface area contributed by atoms with Gasteiger partial charge in [-0.2, -0.15) is 10.2 Å². The highest BCUT2D eigenvalue weighted by atomic mass is 16.5. The first-order chi connectivity index (χ1) is 15.3. The average molecular weight is 419 g/mol. The van der Waals surface area contributed by atoms with Crippen LogP contribution in [-0.2, 0) is 4.74 Å². The molecule has 5 rings (SSSR count). The van der Waals surface area contributed by atoms with Gasteiger partial charge in [0.2, 0.25) is 0 Å². The summed E-state index contributed by atoms with van der Waals surface area (Å²) in [7, 11) is 0. The van der Waals surface area contributed by atoms with E-state index in [1.54, 1.807) is 17.1 Å². The number of amides is 1. The topological polar surface area (TPSA) is 79.6 Å². The van der Waals surface area contributed by atoms with Crippen molar-refractivity contribution in [3.8, 4) is 5.69 Å². The first kappa shape index (κ1) is 19.5. The van der Waals surface area contributed by atoms with Crippen LogP contribution in [0.4, 0.5) is 11.5 Å². The first-order valence-electron chi connectivity index (χ1n) is 10.6. The zero-order chi connectivity index (χ0) is 21.0. The number of carbonyl (C=O) groups is 1. The van der Waals surface area contributed by atoms with Crippen LogP contribution >= 0.6 is 0 Å². The molecule has 0 bridgehead atoms. The molecular weight excluding hydrogens is 394 g/mol. The monoisotopic (exact) mass is 419 g/mol. The van der Waals surface area contributed by atoms with Gasteiger partial charge in [-0.1, -0.05) is 6.07 Å². The Labute approximate surface area is 180 Å². The van der Waals surface area contributed by atoms with E-state index in [0.29, 0.717) is 31.9 Å². The maximum Gasteiger partial charge on any atom is 0.254 e. The molecule has 3 aromatic rings. The Morgan fingerprint density at radius 1 is 0.903 bits per heavy atom. The lowest BCUT2D eigenvalue weighted by molar-refractivity contribution is 0.0746. The van der Waals surface area contributed by atoms with Crippen LogP contribution in [0.5, 0.6) is 0 Å². The second-order valence-corrected chi connectivity index (χ2v) is 7.65. The van der Waals surface area contributed by atoms with Crippen LogP contribution in [0.1, 0.15) is 10.4 Å². The van der Waals surface area contributed by atoms with Crippen molar-refractivity contribution in [2.24, 2.45) is 0 Å². The van der Waals surface area contributed by atoms with Crippen LogP contribution in [0.25, 0.3) is 5.69 Å². The number of hydrogen-bond donors (Lipinski definition) is 0. The van der Waals surface area contributed by atoms with E-state index < -0.39 is 0 Å². The fourth-order valence-corrected chi connectivity index (χ4v) is 4.02. The summed E-state index contributed by atoms with van der Waals surface area (Å²) in [5.74, 6) is 0.935. The highest BCUT2D eigenvalue weighted by Crippen LogP contribution is 2.22. The van der Waals surface area contributed by atoms with E-state index >= 15 is 0 Å². The number of piperazine rings is 1. The minimum atomic E-state index is 0.0514. The molecule has 0 saturated carbocycles. The molecule has 1 aromatic carbocycles. The van der Waals surface area contributed by atoms with Gasteiger partial charge >= 0.3 is 0 Å². The highest BCUT2D eigenvalue weighted by Gasteiger charge is 2.23. The van der Waals surface area contributed by atoms with Gasteiger partial charge in [-0.3, -0.25) is 4.79 Å². The number of aromatic nitrogens is 4. The molecule has 1 amide bonds. The summed E-state index contributed by atoms with van der Waals surface area (Å²) in [5, 5.41) is 12.7. The van der Waals surface area contributed by atoms with E-state index in [0.717, 1.165) is 43.4 Å². The minimum absolute atomic E-state index is 0.0514. The smallest absolute Gasteiger partial charge is 0.254 e. The van der Waals surface area contributed by atoms with Crippen molar-refractivity contribution in [1.82, 2.24) is 24.9 Å². The maximum atomic E-state index is 13.1. The molecule has 0 N–H and O–H groups in total. The quantitative estimate of drug-likeness (QED) is 0.633. The summed E-state index contributed by atoms with van der Waals surface area (Å²) < 4.78 is 7.19. The fraction of sp³-hybridized carbons (Fsp3) is 0.364. The molecule has 0 unspecified atom stereocenters. The predicted octanol–water partition coefficient (Wildman–Crippen LogP) is 1.46. The van der Waals surface area contributed by atoms with Gasteiger partial charge in [0.1, 0.15) is 0 Å². The molecule has 2 aliphatic rings. The molecule has 9 nitrogen and oxygen atoms in total. The van der Waals surface area contributed by atoms with E-state index in [9.17, 15) is 4.79 Å². The van der Waals surface area contributed by atoms with Crippen LogP contribution in [0.2, 0.25) is 0 Å². The fourth-order valence-electron chi connectivity index (χ4n) is 4.02. The van der Waals surface area contributed by atoms with Crippen molar-refractivity contribution < 1.29 is 9.53 Å². The molecule has 2 aliphatic heterocycles. The zero-order valence-corrected chi connectivity index (χ0v) is 17.3. The van der Waals surface area contributed by atoms with Gasteiger partial charge in [0.05, 0.1) is 30.8 Å². The van der Waals surface area contributed by atoms with Gasteiger partial charge in [0, 0.05) is 63.3 Å². The van der Waals surface area contributed by atoms with E-state index in [4.69, 9.17) is 4.74 Å². The van der Waals surface area contributed by atoms with E-state index in [-0.39, 0.29) is 5.91 Å². The predicted molar refractivity (Wildman–Crippen MR) is 117 cm³/mol. The summed E-state index contributed by atoms with van der Waals surface area (Å²) in [6, 6.07) is 11.6. The lowest BCUT2D eigenvalue weighted by atomic mass is 10.1. The number of ether oxygens (including phenoxy) is 1. The molecule has 160 valence electrons. The molecule has 4 heterocycles. The molecular formula is C22H25N7O2. The molecule has 2 saturated heterocycles. The van der Waals surface area contributed by atoms with Crippen LogP contribution in [0.3, 0.4) is 0 Å². The third-order valence-electron chi connectivity index (χ3n) is 5.76.